The number of amides is 2. The normalized spacial score (nSPS) is 20.3. The molecule has 0 spiro atoms. The zero-order chi connectivity index (χ0) is 21.8. The van der Waals surface area contributed by atoms with E-state index in [9.17, 15) is 9.59 Å². The highest BCUT2D eigenvalue weighted by molar-refractivity contribution is 5.89. The van der Waals surface area contributed by atoms with Crippen LogP contribution in [0.3, 0.4) is 0 Å². The van der Waals surface area contributed by atoms with Gasteiger partial charge >= 0.3 is 0 Å². The molecular weight excluding hydrogens is 388 g/mol. The van der Waals surface area contributed by atoms with Crippen LogP contribution in [0, 0.1) is 11.8 Å². The van der Waals surface area contributed by atoms with Gasteiger partial charge in [-0.15, -0.1) is 0 Å². The molecule has 2 fully saturated rings. The Balaban J connectivity index is 1.31. The maximum Gasteiger partial charge on any atom is 0.225 e. The summed E-state index contributed by atoms with van der Waals surface area (Å²) in [7, 11) is 0. The molecule has 0 bridgehead atoms. The Morgan fingerprint density at radius 2 is 1.65 bits per heavy atom. The van der Waals surface area contributed by atoms with Crippen LogP contribution in [0.15, 0.2) is 48.5 Å². The van der Waals surface area contributed by atoms with Gasteiger partial charge in [0.15, 0.2) is 0 Å². The summed E-state index contributed by atoms with van der Waals surface area (Å²) in [5.74, 6) is 0.436. The maximum absolute atomic E-state index is 12.3. The molecule has 0 saturated carbocycles. The smallest absolute Gasteiger partial charge is 0.225 e. The van der Waals surface area contributed by atoms with Crippen molar-refractivity contribution >= 4 is 28.9 Å². The molecule has 0 aromatic heterocycles. The molecule has 6 nitrogen and oxygen atoms in total. The lowest BCUT2D eigenvalue weighted by Crippen LogP contribution is -2.33. The SMILES string of the molecule is CC1CCN(c2ccc(Nc3ccc(C(C)NC(=O)C4CNC(=O)C4)cc3)cc2)CC1. The van der Waals surface area contributed by atoms with E-state index < -0.39 is 0 Å². The second-order valence-corrected chi connectivity index (χ2v) is 8.90. The number of hydrogen-bond donors (Lipinski definition) is 3. The van der Waals surface area contributed by atoms with Crippen molar-refractivity contribution in [1.82, 2.24) is 10.6 Å². The van der Waals surface area contributed by atoms with E-state index in [1.807, 2.05) is 31.2 Å². The number of benzene rings is 2. The van der Waals surface area contributed by atoms with Gasteiger partial charge in [-0.2, -0.15) is 0 Å². The van der Waals surface area contributed by atoms with Crippen LogP contribution in [0.25, 0.3) is 0 Å². The van der Waals surface area contributed by atoms with Crippen LogP contribution in [0.1, 0.15) is 44.7 Å². The molecule has 2 aromatic carbocycles. The van der Waals surface area contributed by atoms with Crippen molar-refractivity contribution in [1.29, 1.82) is 0 Å². The average Bonchev–Trinajstić information content (AvgIpc) is 3.22. The van der Waals surface area contributed by atoms with E-state index in [-0.39, 0.29) is 30.2 Å². The van der Waals surface area contributed by atoms with Crippen LogP contribution >= 0.6 is 0 Å². The third-order valence-corrected chi connectivity index (χ3v) is 6.42. The maximum atomic E-state index is 12.3. The monoisotopic (exact) mass is 420 g/mol. The van der Waals surface area contributed by atoms with Crippen LogP contribution < -0.4 is 20.9 Å². The molecule has 4 rings (SSSR count). The fraction of sp³-hybridized carbons (Fsp3) is 0.440. The highest BCUT2D eigenvalue weighted by Crippen LogP contribution is 2.26. The van der Waals surface area contributed by atoms with E-state index in [1.54, 1.807) is 0 Å². The van der Waals surface area contributed by atoms with Crippen molar-refractivity contribution < 1.29 is 9.59 Å². The fourth-order valence-corrected chi connectivity index (χ4v) is 4.25. The summed E-state index contributed by atoms with van der Waals surface area (Å²) < 4.78 is 0. The number of piperidine rings is 1. The van der Waals surface area contributed by atoms with Crippen LogP contribution in [0.4, 0.5) is 17.1 Å². The van der Waals surface area contributed by atoms with Crippen molar-refractivity contribution in [3.05, 3.63) is 54.1 Å². The molecule has 2 aliphatic heterocycles. The molecule has 6 heteroatoms. The molecular formula is C25H32N4O2. The Hall–Kier alpha value is -3.02. The summed E-state index contributed by atoms with van der Waals surface area (Å²) in [6.45, 7) is 7.00. The Morgan fingerprint density at radius 1 is 1.03 bits per heavy atom. The topological polar surface area (TPSA) is 73.5 Å². The molecule has 0 radical (unpaired) electrons. The van der Waals surface area contributed by atoms with Crippen LogP contribution in [0.5, 0.6) is 0 Å². The largest absolute Gasteiger partial charge is 0.372 e. The molecule has 164 valence electrons. The lowest BCUT2D eigenvalue weighted by Gasteiger charge is -2.32. The number of anilines is 3. The minimum Gasteiger partial charge on any atom is -0.372 e. The molecule has 2 amide bonds. The van der Waals surface area contributed by atoms with Gasteiger partial charge in [0.1, 0.15) is 0 Å². The van der Waals surface area contributed by atoms with Gasteiger partial charge in [0.25, 0.3) is 0 Å². The molecule has 2 unspecified atom stereocenters. The predicted octanol–water partition coefficient (Wildman–Crippen LogP) is 3.98. The van der Waals surface area contributed by atoms with Crippen molar-refractivity contribution in [2.24, 2.45) is 11.8 Å². The highest BCUT2D eigenvalue weighted by Gasteiger charge is 2.28. The number of nitrogens with one attached hydrogen (secondary N) is 3. The first-order valence-corrected chi connectivity index (χ1v) is 11.3. The summed E-state index contributed by atoms with van der Waals surface area (Å²) in [6, 6.07) is 16.6. The summed E-state index contributed by atoms with van der Waals surface area (Å²) in [6.07, 6.45) is 2.80. The highest BCUT2D eigenvalue weighted by atomic mass is 16.2. The number of hydrogen-bond acceptors (Lipinski definition) is 4. The number of rotatable bonds is 6. The van der Waals surface area contributed by atoms with Crippen molar-refractivity contribution in [2.45, 2.75) is 39.2 Å². The summed E-state index contributed by atoms with van der Waals surface area (Å²) in [5, 5.41) is 9.16. The first-order chi connectivity index (χ1) is 15.0. The first kappa shape index (κ1) is 21.2. The molecule has 31 heavy (non-hydrogen) atoms. The van der Waals surface area contributed by atoms with Crippen molar-refractivity contribution in [2.75, 3.05) is 29.9 Å². The Labute approximate surface area is 184 Å². The zero-order valence-corrected chi connectivity index (χ0v) is 18.4. The molecule has 2 heterocycles. The van der Waals surface area contributed by atoms with Gasteiger partial charge in [-0.05, 0) is 67.6 Å². The van der Waals surface area contributed by atoms with E-state index >= 15 is 0 Å². The van der Waals surface area contributed by atoms with Crippen LogP contribution in [-0.4, -0.2) is 31.4 Å². The lowest BCUT2D eigenvalue weighted by molar-refractivity contribution is -0.127. The van der Waals surface area contributed by atoms with E-state index in [1.165, 1.54) is 18.5 Å². The number of carbonyl (C=O) groups is 2. The number of carbonyl (C=O) groups excluding carboxylic acids is 2. The summed E-state index contributed by atoms with van der Waals surface area (Å²) >= 11 is 0. The zero-order valence-electron chi connectivity index (χ0n) is 18.4. The molecule has 2 saturated heterocycles. The summed E-state index contributed by atoms with van der Waals surface area (Å²) in [4.78, 5) is 26.1. The summed E-state index contributed by atoms with van der Waals surface area (Å²) in [5.41, 5.74) is 4.39. The van der Waals surface area contributed by atoms with Gasteiger partial charge in [0.05, 0.1) is 12.0 Å². The van der Waals surface area contributed by atoms with Gasteiger partial charge in [-0.25, -0.2) is 0 Å². The standard InChI is InChI=1S/C25H32N4O2/c1-17-11-13-29(14-12-17)23-9-7-22(8-10-23)28-21-5-3-19(4-6-21)18(2)27-25(31)20-15-24(30)26-16-20/h3-10,17-18,20,28H,11-16H2,1-2H3,(H,26,30)(H,27,31). The van der Waals surface area contributed by atoms with Gasteiger partial charge in [-0.1, -0.05) is 19.1 Å². The third kappa shape index (κ3) is 5.37. The number of nitrogens with zero attached hydrogens (tertiary/aromatic N) is 1. The van der Waals surface area contributed by atoms with E-state index in [4.69, 9.17) is 0 Å². The molecule has 3 N–H and O–H groups in total. The molecule has 2 aliphatic rings. The van der Waals surface area contributed by atoms with Gasteiger partial charge in [-0.3, -0.25) is 9.59 Å². The molecule has 2 aromatic rings. The Kier molecular flexibility index (Phi) is 6.44. The van der Waals surface area contributed by atoms with Crippen molar-refractivity contribution in [3.8, 4) is 0 Å². The average molecular weight is 421 g/mol. The van der Waals surface area contributed by atoms with Gasteiger partial charge in [0.2, 0.25) is 11.8 Å². The predicted molar refractivity (Wildman–Crippen MR) is 124 cm³/mol. The molecule has 2 atom stereocenters. The first-order valence-electron chi connectivity index (χ1n) is 11.3. The quantitative estimate of drug-likeness (QED) is 0.661. The van der Waals surface area contributed by atoms with Crippen LogP contribution in [-0.2, 0) is 9.59 Å². The van der Waals surface area contributed by atoms with Gasteiger partial charge in [0, 0.05) is 43.1 Å². The fourth-order valence-electron chi connectivity index (χ4n) is 4.25. The molecule has 0 aliphatic carbocycles. The lowest BCUT2D eigenvalue weighted by atomic mass is 9.99. The Bertz CT molecular complexity index is 902. The minimum absolute atomic E-state index is 0.0539. The van der Waals surface area contributed by atoms with Crippen LogP contribution in [0.2, 0.25) is 0 Å². The van der Waals surface area contributed by atoms with E-state index in [0.29, 0.717) is 6.54 Å². The second-order valence-electron chi connectivity index (χ2n) is 8.90. The van der Waals surface area contributed by atoms with E-state index in [2.05, 4.69) is 52.0 Å². The Morgan fingerprint density at radius 3 is 2.23 bits per heavy atom. The van der Waals surface area contributed by atoms with Gasteiger partial charge < -0.3 is 20.9 Å². The second kappa shape index (κ2) is 9.41. The minimum atomic E-state index is -0.271. The van der Waals surface area contributed by atoms with Crippen molar-refractivity contribution in [3.63, 3.8) is 0 Å². The van der Waals surface area contributed by atoms with E-state index in [0.717, 1.165) is 35.9 Å². The third-order valence-electron chi connectivity index (χ3n) is 6.42.